The minimum atomic E-state index is -0.282. The van der Waals surface area contributed by atoms with E-state index in [9.17, 15) is 9.59 Å². The number of carbonyl (C=O) groups excluding carboxylic acids is 2. The molecule has 1 aliphatic heterocycles. The van der Waals surface area contributed by atoms with E-state index in [4.69, 9.17) is 0 Å². The van der Waals surface area contributed by atoms with Gasteiger partial charge in [-0.3, -0.25) is 14.5 Å². The number of anilines is 1. The topological polar surface area (TPSA) is 49.4 Å². The number of hydrogen-bond donors (Lipinski definition) is 1. The fourth-order valence-electron chi connectivity index (χ4n) is 3.24. The van der Waals surface area contributed by atoms with Crippen LogP contribution in [0, 0.1) is 6.92 Å². The second kappa shape index (κ2) is 9.01. The van der Waals surface area contributed by atoms with Crippen molar-refractivity contribution in [2.75, 3.05) is 11.9 Å². The highest BCUT2D eigenvalue weighted by molar-refractivity contribution is 8.04. The van der Waals surface area contributed by atoms with Crippen LogP contribution in [-0.4, -0.2) is 23.3 Å². The molecule has 3 aromatic rings. The Hall–Kier alpha value is -3.31. The molecule has 5 heteroatoms. The minimum absolute atomic E-state index is 0.251. The van der Waals surface area contributed by atoms with Gasteiger partial charge >= 0.3 is 0 Å². The predicted molar refractivity (Wildman–Crippen MR) is 121 cm³/mol. The summed E-state index contributed by atoms with van der Waals surface area (Å²) in [5.74, 6) is -0.533. The summed E-state index contributed by atoms with van der Waals surface area (Å²) in [6.45, 7) is 2.36. The maximum Gasteiger partial charge on any atom is 0.278 e. The molecule has 0 fully saturated rings. The molecule has 0 spiro atoms. The first-order valence-electron chi connectivity index (χ1n) is 9.83. The van der Waals surface area contributed by atoms with E-state index < -0.39 is 0 Å². The van der Waals surface area contributed by atoms with Crippen molar-refractivity contribution in [2.45, 2.75) is 18.2 Å². The Morgan fingerprint density at radius 3 is 2.10 bits per heavy atom. The van der Waals surface area contributed by atoms with Crippen molar-refractivity contribution in [1.29, 1.82) is 0 Å². The van der Waals surface area contributed by atoms with Gasteiger partial charge in [0.25, 0.3) is 11.8 Å². The summed E-state index contributed by atoms with van der Waals surface area (Å²) >= 11 is 1.32. The molecule has 0 atom stereocenters. The molecule has 0 saturated heterocycles. The van der Waals surface area contributed by atoms with Crippen LogP contribution < -0.4 is 5.32 Å². The highest BCUT2D eigenvalue weighted by atomic mass is 32.2. The molecular weight excluding hydrogens is 392 g/mol. The Labute approximate surface area is 180 Å². The van der Waals surface area contributed by atoms with Gasteiger partial charge in [0.05, 0.1) is 0 Å². The highest BCUT2D eigenvalue weighted by Gasteiger charge is 2.38. The molecule has 150 valence electrons. The van der Waals surface area contributed by atoms with Gasteiger partial charge in [0, 0.05) is 17.1 Å². The first kappa shape index (κ1) is 20.0. The summed E-state index contributed by atoms with van der Waals surface area (Å²) in [5.41, 5.74) is 3.35. The third-order valence-electron chi connectivity index (χ3n) is 4.88. The molecule has 1 aliphatic rings. The van der Waals surface area contributed by atoms with Crippen LogP contribution in [0.25, 0.3) is 0 Å². The van der Waals surface area contributed by atoms with Gasteiger partial charge in [0.1, 0.15) is 10.6 Å². The molecule has 0 saturated carbocycles. The predicted octanol–water partition coefficient (Wildman–Crippen LogP) is 5.02. The molecule has 1 N–H and O–H groups in total. The summed E-state index contributed by atoms with van der Waals surface area (Å²) in [6, 6.07) is 27.3. The van der Waals surface area contributed by atoms with Gasteiger partial charge in [0.2, 0.25) is 0 Å². The SMILES string of the molecule is Cc1ccc(NC2=C(Sc3ccccc3)C(=O)N(CCc3ccccc3)C2=O)cc1. The van der Waals surface area contributed by atoms with Crippen molar-refractivity contribution < 1.29 is 9.59 Å². The Bertz CT molecular complexity index is 1080. The van der Waals surface area contributed by atoms with Crippen molar-refractivity contribution in [3.63, 3.8) is 0 Å². The molecule has 4 rings (SSSR count). The molecule has 0 aromatic heterocycles. The van der Waals surface area contributed by atoms with Gasteiger partial charge in [-0.1, -0.05) is 78.0 Å². The average Bonchev–Trinajstić information content (AvgIpc) is 2.99. The van der Waals surface area contributed by atoms with Gasteiger partial charge in [-0.15, -0.1) is 0 Å². The number of carbonyl (C=O) groups is 2. The lowest BCUT2D eigenvalue weighted by Crippen LogP contribution is -2.34. The lowest BCUT2D eigenvalue weighted by Gasteiger charge is -2.15. The summed E-state index contributed by atoms with van der Waals surface area (Å²) in [7, 11) is 0. The zero-order valence-electron chi connectivity index (χ0n) is 16.7. The standard InChI is InChI=1S/C25H22N2O2S/c1-18-12-14-20(15-13-18)26-22-23(30-21-10-6-3-7-11-21)25(29)27(24(22)28)17-16-19-8-4-2-5-9-19/h2-15,26H,16-17H2,1H3. The van der Waals surface area contributed by atoms with Crippen molar-refractivity contribution >= 4 is 29.3 Å². The van der Waals surface area contributed by atoms with Crippen LogP contribution in [0.1, 0.15) is 11.1 Å². The molecule has 1 heterocycles. The number of nitrogens with zero attached hydrogens (tertiary/aromatic N) is 1. The van der Waals surface area contributed by atoms with Gasteiger partial charge in [-0.2, -0.15) is 0 Å². The Morgan fingerprint density at radius 2 is 1.43 bits per heavy atom. The molecular formula is C25H22N2O2S. The zero-order valence-corrected chi connectivity index (χ0v) is 17.5. The number of amides is 2. The normalized spacial score (nSPS) is 13.8. The quantitative estimate of drug-likeness (QED) is 0.552. The van der Waals surface area contributed by atoms with E-state index in [0.717, 1.165) is 21.7 Å². The number of imide groups is 1. The van der Waals surface area contributed by atoms with E-state index >= 15 is 0 Å². The fraction of sp³-hybridized carbons (Fsp3) is 0.120. The van der Waals surface area contributed by atoms with Crippen LogP contribution in [0.3, 0.4) is 0 Å². The number of rotatable bonds is 7. The van der Waals surface area contributed by atoms with E-state index in [2.05, 4.69) is 5.32 Å². The van der Waals surface area contributed by atoms with E-state index in [1.165, 1.54) is 16.7 Å². The fourth-order valence-corrected chi connectivity index (χ4v) is 4.20. The van der Waals surface area contributed by atoms with Gasteiger partial charge in [-0.25, -0.2) is 0 Å². The van der Waals surface area contributed by atoms with Crippen LogP contribution in [0.2, 0.25) is 0 Å². The summed E-state index contributed by atoms with van der Waals surface area (Å²) in [5, 5.41) is 3.19. The smallest absolute Gasteiger partial charge is 0.278 e. The number of benzene rings is 3. The molecule has 3 aromatic carbocycles. The molecule has 30 heavy (non-hydrogen) atoms. The van der Waals surface area contributed by atoms with E-state index in [1.54, 1.807) is 0 Å². The van der Waals surface area contributed by atoms with Crippen LogP contribution >= 0.6 is 11.8 Å². The molecule has 2 amide bonds. The van der Waals surface area contributed by atoms with Crippen LogP contribution in [0.5, 0.6) is 0 Å². The second-order valence-corrected chi connectivity index (χ2v) is 8.19. The van der Waals surface area contributed by atoms with Gasteiger partial charge in [-0.05, 0) is 43.2 Å². The number of aryl methyl sites for hydroxylation is 1. The lowest BCUT2D eigenvalue weighted by molar-refractivity contribution is -0.137. The zero-order chi connectivity index (χ0) is 20.9. The monoisotopic (exact) mass is 414 g/mol. The van der Waals surface area contributed by atoms with Crippen molar-refractivity contribution in [1.82, 2.24) is 4.90 Å². The van der Waals surface area contributed by atoms with Crippen LogP contribution in [0.15, 0.2) is 100 Å². The van der Waals surface area contributed by atoms with Crippen molar-refractivity contribution in [3.05, 3.63) is 107 Å². The summed E-state index contributed by atoms with van der Waals surface area (Å²) in [4.78, 5) is 29.1. The Balaban J connectivity index is 1.60. The van der Waals surface area contributed by atoms with Crippen molar-refractivity contribution in [2.24, 2.45) is 0 Å². The van der Waals surface area contributed by atoms with E-state index in [-0.39, 0.29) is 11.8 Å². The molecule has 0 aliphatic carbocycles. The molecule has 0 unspecified atom stereocenters. The maximum atomic E-state index is 13.2. The average molecular weight is 415 g/mol. The Morgan fingerprint density at radius 1 is 0.800 bits per heavy atom. The molecule has 4 nitrogen and oxygen atoms in total. The van der Waals surface area contributed by atoms with Crippen LogP contribution in [-0.2, 0) is 16.0 Å². The van der Waals surface area contributed by atoms with Gasteiger partial charge < -0.3 is 5.32 Å². The molecule has 0 radical (unpaired) electrons. The maximum absolute atomic E-state index is 13.2. The minimum Gasteiger partial charge on any atom is -0.350 e. The van der Waals surface area contributed by atoms with Crippen LogP contribution in [0.4, 0.5) is 5.69 Å². The summed E-state index contributed by atoms with van der Waals surface area (Å²) in [6.07, 6.45) is 0.624. The lowest BCUT2D eigenvalue weighted by atomic mass is 10.1. The first-order chi connectivity index (χ1) is 14.6. The Kier molecular flexibility index (Phi) is 6.00. The largest absolute Gasteiger partial charge is 0.350 e. The van der Waals surface area contributed by atoms with E-state index in [1.807, 2.05) is 91.9 Å². The van der Waals surface area contributed by atoms with E-state index in [0.29, 0.717) is 23.6 Å². The number of hydrogen-bond acceptors (Lipinski definition) is 4. The van der Waals surface area contributed by atoms with Gasteiger partial charge in [0.15, 0.2) is 0 Å². The third-order valence-corrected chi connectivity index (χ3v) is 5.97. The number of nitrogens with one attached hydrogen (secondary N) is 1. The first-order valence-corrected chi connectivity index (χ1v) is 10.6. The highest BCUT2D eigenvalue weighted by Crippen LogP contribution is 2.35. The second-order valence-electron chi connectivity index (χ2n) is 7.11. The summed E-state index contributed by atoms with van der Waals surface area (Å²) < 4.78 is 0. The van der Waals surface area contributed by atoms with Crippen molar-refractivity contribution in [3.8, 4) is 0 Å². The number of thioether (sulfide) groups is 1. The molecule has 0 bridgehead atoms. The third kappa shape index (κ3) is 4.47.